The normalized spacial score (nSPS) is 21.6. The number of rotatable bonds is 3. The number of piperazine rings is 1. The topological polar surface area (TPSA) is 67.2 Å². The third kappa shape index (κ3) is 2.70. The summed E-state index contributed by atoms with van der Waals surface area (Å²) in [7, 11) is 0. The summed E-state index contributed by atoms with van der Waals surface area (Å²) in [5.74, 6) is -0.0323. The molecule has 28 heavy (non-hydrogen) atoms. The number of nitrogens with zero attached hydrogens (tertiary/aromatic N) is 4. The van der Waals surface area contributed by atoms with E-state index in [1.165, 1.54) is 0 Å². The van der Waals surface area contributed by atoms with E-state index >= 15 is 0 Å². The van der Waals surface area contributed by atoms with Crippen LogP contribution in [0.5, 0.6) is 0 Å². The van der Waals surface area contributed by atoms with Gasteiger partial charge in [-0.2, -0.15) is 5.10 Å². The van der Waals surface area contributed by atoms with E-state index in [9.17, 15) is 9.59 Å². The van der Waals surface area contributed by atoms with Gasteiger partial charge in [0.2, 0.25) is 0 Å². The molecule has 0 aliphatic carbocycles. The Morgan fingerprint density at radius 2 is 2.00 bits per heavy atom. The highest BCUT2D eigenvalue weighted by molar-refractivity contribution is 5.95. The van der Waals surface area contributed by atoms with E-state index in [1.807, 2.05) is 47.4 Å². The zero-order valence-electron chi connectivity index (χ0n) is 15.3. The Morgan fingerprint density at radius 3 is 2.86 bits per heavy atom. The standard InChI is InChI=1S/C21H20N4O3/c26-19(17-7-9-25-18(12-17)6-8-22-25)23-10-11-24-20(27)28-15-21(24,14-23)13-16-4-2-1-3-5-16/h1-9,12H,10-11,13-15H2. The molecule has 2 aliphatic heterocycles. The second-order valence-electron chi connectivity index (χ2n) is 7.44. The van der Waals surface area contributed by atoms with Gasteiger partial charge in [0.15, 0.2) is 0 Å². The van der Waals surface area contributed by atoms with Gasteiger partial charge in [-0.1, -0.05) is 30.3 Å². The lowest BCUT2D eigenvalue weighted by Crippen LogP contribution is -2.63. The van der Waals surface area contributed by atoms with Crippen molar-refractivity contribution in [3.8, 4) is 0 Å². The molecule has 1 aromatic carbocycles. The van der Waals surface area contributed by atoms with Crippen LogP contribution in [0.15, 0.2) is 60.9 Å². The highest BCUT2D eigenvalue weighted by Crippen LogP contribution is 2.33. The summed E-state index contributed by atoms with van der Waals surface area (Å²) in [4.78, 5) is 29.1. The van der Waals surface area contributed by atoms with E-state index < -0.39 is 5.54 Å². The summed E-state index contributed by atoms with van der Waals surface area (Å²) in [6, 6.07) is 15.5. The average Bonchev–Trinajstić information content (AvgIpc) is 3.32. The number of aromatic nitrogens is 2. The predicted octanol–water partition coefficient (Wildman–Crippen LogP) is 2.22. The summed E-state index contributed by atoms with van der Waals surface area (Å²) in [5, 5.41) is 4.17. The predicted molar refractivity (Wildman–Crippen MR) is 102 cm³/mol. The largest absolute Gasteiger partial charge is 0.447 e. The lowest BCUT2D eigenvalue weighted by atomic mass is 9.88. The monoisotopic (exact) mass is 376 g/mol. The summed E-state index contributed by atoms with van der Waals surface area (Å²) >= 11 is 0. The minimum absolute atomic E-state index is 0.0323. The Bertz CT molecular complexity index is 1050. The van der Waals surface area contributed by atoms with Crippen LogP contribution in [0.25, 0.3) is 5.52 Å². The molecule has 2 saturated heterocycles. The molecular weight excluding hydrogens is 356 g/mol. The maximum atomic E-state index is 13.2. The Balaban J connectivity index is 1.43. The average molecular weight is 376 g/mol. The van der Waals surface area contributed by atoms with Crippen LogP contribution in [0.3, 0.4) is 0 Å². The number of carbonyl (C=O) groups excluding carboxylic acids is 2. The molecule has 1 atom stereocenters. The van der Waals surface area contributed by atoms with Gasteiger partial charge in [0.1, 0.15) is 12.1 Å². The number of hydrogen-bond donors (Lipinski definition) is 0. The molecule has 7 heteroatoms. The van der Waals surface area contributed by atoms with Gasteiger partial charge in [0.05, 0.1) is 5.52 Å². The minimum atomic E-state index is -0.521. The number of hydrogen-bond acceptors (Lipinski definition) is 4. The summed E-state index contributed by atoms with van der Waals surface area (Å²) in [6.07, 6.45) is 3.87. The zero-order valence-corrected chi connectivity index (χ0v) is 15.3. The van der Waals surface area contributed by atoms with Crippen molar-refractivity contribution in [2.45, 2.75) is 12.0 Å². The molecule has 0 N–H and O–H groups in total. The number of amides is 2. The first-order valence-corrected chi connectivity index (χ1v) is 9.36. The first-order chi connectivity index (χ1) is 13.6. The van der Waals surface area contributed by atoms with Gasteiger partial charge in [0, 0.05) is 44.0 Å². The summed E-state index contributed by atoms with van der Waals surface area (Å²) < 4.78 is 7.13. The van der Waals surface area contributed by atoms with Crippen molar-refractivity contribution in [3.63, 3.8) is 0 Å². The van der Waals surface area contributed by atoms with Crippen molar-refractivity contribution < 1.29 is 14.3 Å². The van der Waals surface area contributed by atoms with Gasteiger partial charge in [-0.05, 0) is 23.8 Å². The third-order valence-corrected chi connectivity index (χ3v) is 5.65. The maximum absolute atomic E-state index is 13.2. The molecule has 3 aromatic rings. The van der Waals surface area contributed by atoms with Crippen LogP contribution < -0.4 is 0 Å². The summed E-state index contributed by atoms with van der Waals surface area (Å²) in [6.45, 7) is 1.73. The van der Waals surface area contributed by atoms with Crippen LogP contribution in [0.4, 0.5) is 4.79 Å². The lowest BCUT2D eigenvalue weighted by molar-refractivity contribution is 0.0375. The minimum Gasteiger partial charge on any atom is -0.447 e. The molecule has 5 rings (SSSR count). The van der Waals surface area contributed by atoms with Gasteiger partial charge in [-0.15, -0.1) is 0 Å². The molecule has 7 nitrogen and oxygen atoms in total. The molecule has 0 spiro atoms. The summed E-state index contributed by atoms with van der Waals surface area (Å²) in [5.41, 5.74) is 2.11. The third-order valence-electron chi connectivity index (χ3n) is 5.65. The van der Waals surface area contributed by atoms with E-state index in [1.54, 1.807) is 27.9 Å². The Kier molecular flexibility index (Phi) is 3.82. The first kappa shape index (κ1) is 16.8. The van der Waals surface area contributed by atoms with Crippen LogP contribution in [-0.2, 0) is 11.2 Å². The molecule has 2 amide bonds. The van der Waals surface area contributed by atoms with Gasteiger partial charge >= 0.3 is 6.09 Å². The van der Waals surface area contributed by atoms with Gasteiger partial charge in [0.25, 0.3) is 5.91 Å². The van der Waals surface area contributed by atoms with Crippen molar-refractivity contribution in [2.24, 2.45) is 0 Å². The highest BCUT2D eigenvalue weighted by atomic mass is 16.6. The number of carbonyl (C=O) groups is 2. The van der Waals surface area contributed by atoms with Gasteiger partial charge in [-0.3, -0.25) is 9.69 Å². The van der Waals surface area contributed by atoms with E-state index in [4.69, 9.17) is 4.74 Å². The molecule has 1 unspecified atom stereocenters. The molecule has 2 aliphatic rings. The van der Waals surface area contributed by atoms with Crippen LogP contribution in [-0.4, -0.2) is 63.2 Å². The van der Waals surface area contributed by atoms with Gasteiger partial charge in [-0.25, -0.2) is 9.31 Å². The van der Waals surface area contributed by atoms with Crippen LogP contribution in [0.2, 0.25) is 0 Å². The molecule has 0 radical (unpaired) electrons. The number of fused-ring (bicyclic) bond motifs is 2. The maximum Gasteiger partial charge on any atom is 0.410 e. The highest BCUT2D eigenvalue weighted by Gasteiger charge is 2.51. The molecule has 142 valence electrons. The number of ether oxygens (including phenoxy) is 1. The van der Waals surface area contributed by atoms with Crippen LogP contribution in [0.1, 0.15) is 15.9 Å². The Morgan fingerprint density at radius 1 is 1.14 bits per heavy atom. The number of pyridine rings is 1. The van der Waals surface area contributed by atoms with Gasteiger partial charge < -0.3 is 9.64 Å². The first-order valence-electron chi connectivity index (χ1n) is 9.36. The van der Waals surface area contributed by atoms with Crippen molar-refractivity contribution in [2.75, 3.05) is 26.2 Å². The van der Waals surface area contributed by atoms with Crippen LogP contribution in [0, 0.1) is 0 Å². The smallest absolute Gasteiger partial charge is 0.410 e. The number of benzene rings is 1. The molecule has 4 heterocycles. The van der Waals surface area contributed by atoms with Crippen molar-refractivity contribution in [3.05, 3.63) is 72.1 Å². The second kappa shape index (κ2) is 6.37. The van der Waals surface area contributed by atoms with Crippen molar-refractivity contribution in [1.82, 2.24) is 19.4 Å². The molecule has 0 saturated carbocycles. The fourth-order valence-corrected chi connectivity index (χ4v) is 4.25. The van der Waals surface area contributed by atoms with E-state index in [-0.39, 0.29) is 12.0 Å². The van der Waals surface area contributed by atoms with E-state index in [0.29, 0.717) is 38.2 Å². The van der Waals surface area contributed by atoms with E-state index in [2.05, 4.69) is 5.10 Å². The zero-order chi connectivity index (χ0) is 19.1. The van der Waals surface area contributed by atoms with E-state index in [0.717, 1.165) is 11.1 Å². The SMILES string of the molecule is O=C(c1ccn2nccc2c1)N1CCN2C(=O)OCC2(Cc2ccccc2)C1. The quantitative estimate of drug-likeness (QED) is 0.703. The van der Waals surface area contributed by atoms with Crippen LogP contribution >= 0.6 is 0 Å². The fraction of sp³-hybridized carbons (Fsp3) is 0.286. The molecule has 0 bridgehead atoms. The van der Waals surface area contributed by atoms with Crippen molar-refractivity contribution in [1.29, 1.82) is 0 Å². The number of cyclic esters (lactones) is 1. The Labute approximate surface area is 162 Å². The molecular formula is C21H20N4O3. The second-order valence-corrected chi connectivity index (χ2v) is 7.44. The molecule has 2 aromatic heterocycles. The Hall–Kier alpha value is -3.35. The lowest BCUT2D eigenvalue weighted by Gasteiger charge is -2.44. The molecule has 2 fully saturated rings. The fourth-order valence-electron chi connectivity index (χ4n) is 4.25. The van der Waals surface area contributed by atoms with Crippen molar-refractivity contribution >= 4 is 17.5 Å².